The van der Waals surface area contributed by atoms with Crippen LogP contribution in [0, 0.1) is 0 Å². The molecule has 3 N–H and O–H groups in total. The van der Waals surface area contributed by atoms with E-state index in [0.29, 0.717) is 6.42 Å². The number of unbranched alkanes of at least 4 members (excludes halogenated alkanes) is 2. The maximum atomic E-state index is 11.1. The average Bonchev–Trinajstić information content (AvgIpc) is 2.14. The Morgan fingerprint density at radius 2 is 1.92 bits per heavy atom. The fraction of sp³-hybridized carbons (Fsp3) is 0.889. The van der Waals surface area contributed by atoms with Gasteiger partial charge in [0.2, 0.25) is 5.91 Å². The Balaban J connectivity index is 3.48. The van der Waals surface area contributed by atoms with Gasteiger partial charge in [-0.1, -0.05) is 19.8 Å². The zero-order valence-electron chi connectivity index (χ0n) is 8.12. The van der Waals surface area contributed by atoms with Crippen molar-refractivity contribution in [1.82, 2.24) is 5.32 Å². The minimum absolute atomic E-state index is 0.0958. The summed E-state index contributed by atoms with van der Waals surface area (Å²) in [6.07, 6.45) is 3.46. The molecular formula is C9H19NO3. The van der Waals surface area contributed by atoms with Crippen LogP contribution < -0.4 is 5.32 Å². The Morgan fingerprint density at radius 1 is 1.31 bits per heavy atom. The summed E-state index contributed by atoms with van der Waals surface area (Å²) in [4.78, 5) is 11.1. The Morgan fingerprint density at radius 3 is 2.38 bits per heavy atom. The number of hydrogen-bond donors (Lipinski definition) is 3. The van der Waals surface area contributed by atoms with Gasteiger partial charge in [0, 0.05) is 6.42 Å². The van der Waals surface area contributed by atoms with Gasteiger partial charge >= 0.3 is 0 Å². The van der Waals surface area contributed by atoms with Gasteiger partial charge in [0.05, 0.1) is 19.3 Å². The number of rotatable bonds is 7. The molecule has 13 heavy (non-hydrogen) atoms. The van der Waals surface area contributed by atoms with Gasteiger partial charge in [-0.05, 0) is 6.42 Å². The molecule has 0 aliphatic carbocycles. The molecule has 0 fully saturated rings. The Hall–Kier alpha value is -0.610. The lowest BCUT2D eigenvalue weighted by Gasteiger charge is -2.12. The second-order valence-corrected chi connectivity index (χ2v) is 3.09. The summed E-state index contributed by atoms with van der Waals surface area (Å²) in [6.45, 7) is 1.65. The number of aliphatic hydroxyl groups is 2. The van der Waals surface area contributed by atoms with Gasteiger partial charge in [-0.25, -0.2) is 0 Å². The molecule has 1 amide bonds. The molecule has 0 saturated heterocycles. The van der Waals surface area contributed by atoms with Crippen LogP contribution in [0.4, 0.5) is 0 Å². The number of aliphatic hydroxyl groups excluding tert-OH is 2. The van der Waals surface area contributed by atoms with E-state index >= 15 is 0 Å². The third kappa shape index (κ3) is 6.54. The van der Waals surface area contributed by atoms with Crippen LogP contribution in [0.5, 0.6) is 0 Å². The van der Waals surface area contributed by atoms with Crippen molar-refractivity contribution in [1.29, 1.82) is 0 Å². The number of hydrogen-bond acceptors (Lipinski definition) is 3. The zero-order chi connectivity index (χ0) is 10.1. The fourth-order valence-corrected chi connectivity index (χ4v) is 0.984. The molecule has 0 aromatic heterocycles. The topological polar surface area (TPSA) is 69.6 Å². The van der Waals surface area contributed by atoms with Gasteiger partial charge in [0.1, 0.15) is 0 Å². The first-order valence-electron chi connectivity index (χ1n) is 4.75. The number of carbonyl (C=O) groups is 1. The summed E-state index contributed by atoms with van der Waals surface area (Å²) in [5, 5.41) is 19.9. The predicted molar refractivity (Wildman–Crippen MR) is 50.2 cm³/mol. The molecule has 0 aliphatic heterocycles. The molecule has 4 nitrogen and oxygen atoms in total. The molecule has 0 saturated carbocycles. The summed E-state index contributed by atoms with van der Waals surface area (Å²) >= 11 is 0. The van der Waals surface area contributed by atoms with Crippen molar-refractivity contribution in [2.24, 2.45) is 0 Å². The highest BCUT2D eigenvalue weighted by atomic mass is 16.3. The molecule has 0 aromatic carbocycles. The van der Waals surface area contributed by atoms with Gasteiger partial charge in [-0.15, -0.1) is 0 Å². The van der Waals surface area contributed by atoms with Gasteiger partial charge in [0.25, 0.3) is 0 Å². The van der Waals surface area contributed by atoms with Crippen LogP contribution in [0.25, 0.3) is 0 Å². The summed E-state index contributed by atoms with van der Waals surface area (Å²) < 4.78 is 0. The van der Waals surface area contributed by atoms with Gasteiger partial charge in [0.15, 0.2) is 0 Å². The quantitative estimate of drug-likeness (QED) is 0.495. The normalized spacial score (nSPS) is 10.5. The van der Waals surface area contributed by atoms with Crippen LogP contribution in [-0.4, -0.2) is 35.4 Å². The number of carbonyl (C=O) groups excluding carboxylic acids is 1. The molecule has 0 radical (unpaired) electrons. The summed E-state index contributed by atoms with van der Waals surface area (Å²) in [5.74, 6) is -0.0958. The maximum Gasteiger partial charge on any atom is 0.220 e. The van der Waals surface area contributed by atoms with Crippen molar-refractivity contribution in [2.45, 2.75) is 38.6 Å². The number of nitrogens with one attached hydrogen (secondary N) is 1. The van der Waals surface area contributed by atoms with Crippen LogP contribution in [0.1, 0.15) is 32.6 Å². The van der Waals surface area contributed by atoms with Crippen LogP contribution in [-0.2, 0) is 4.79 Å². The standard InChI is InChI=1S/C9H19NO3/c1-2-3-4-5-9(13)10-8(6-11)7-12/h8,11-12H,2-7H2,1H3,(H,10,13). The average molecular weight is 189 g/mol. The lowest BCUT2D eigenvalue weighted by atomic mass is 10.2. The third-order valence-corrected chi connectivity index (χ3v) is 1.81. The predicted octanol–water partition coefficient (Wildman–Crippen LogP) is 0.0361. The summed E-state index contributed by atoms with van der Waals surface area (Å²) in [7, 11) is 0. The number of amides is 1. The molecule has 0 atom stereocenters. The van der Waals surface area contributed by atoms with E-state index in [4.69, 9.17) is 10.2 Å². The minimum Gasteiger partial charge on any atom is -0.394 e. The molecule has 0 heterocycles. The van der Waals surface area contributed by atoms with Crippen molar-refractivity contribution in [3.8, 4) is 0 Å². The summed E-state index contributed by atoms with van der Waals surface area (Å²) in [5.41, 5.74) is 0. The molecular weight excluding hydrogens is 170 g/mol. The van der Waals surface area contributed by atoms with Crippen LogP contribution in [0.15, 0.2) is 0 Å². The van der Waals surface area contributed by atoms with E-state index in [9.17, 15) is 4.79 Å². The van der Waals surface area contributed by atoms with Gasteiger partial charge in [-0.3, -0.25) is 4.79 Å². The second-order valence-electron chi connectivity index (χ2n) is 3.09. The van der Waals surface area contributed by atoms with Gasteiger partial charge < -0.3 is 15.5 Å². The van der Waals surface area contributed by atoms with E-state index in [1.54, 1.807) is 0 Å². The molecule has 0 aliphatic rings. The Kier molecular flexibility index (Phi) is 7.63. The molecule has 4 heteroatoms. The van der Waals surface area contributed by atoms with E-state index in [-0.39, 0.29) is 19.1 Å². The van der Waals surface area contributed by atoms with Crippen LogP contribution in [0.2, 0.25) is 0 Å². The first-order chi connectivity index (χ1) is 6.24. The second kappa shape index (κ2) is 8.01. The van der Waals surface area contributed by atoms with E-state index < -0.39 is 6.04 Å². The van der Waals surface area contributed by atoms with Crippen LogP contribution in [0.3, 0.4) is 0 Å². The van der Waals surface area contributed by atoms with Crippen molar-refractivity contribution < 1.29 is 15.0 Å². The van der Waals surface area contributed by atoms with E-state index in [1.807, 2.05) is 0 Å². The molecule has 0 spiro atoms. The largest absolute Gasteiger partial charge is 0.394 e. The fourth-order valence-electron chi connectivity index (χ4n) is 0.984. The van der Waals surface area contributed by atoms with E-state index in [2.05, 4.69) is 12.2 Å². The lowest BCUT2D eigenvalue weighted by Crippen LogP contribution is -2.39. The molecule has 0 rings (SSSR count). The van der Waals surface area contributed by atoms with Crippen molar-refractivity contribution in [2.75, 3.05) is 13.2 Å². The van der Waals surface area contributed by atoms with Crippen LogP contribution >= 0.6 is 0 Å². The van der Waals surface area contributed by atoms with Crippen molar-refractivity contribution >= 4 is 5.91 Å². The first kappa shape index (κ1) is 12.4. The molecule has 78 valence electrons. The molecule has 0 unspecified atom stereocenters. The first-order valence-corrected chi connectivity index (χ1v) is 4.75. The maximum absolute atomic E-state index is 11.1. The highest BCUT2D eigenvalue weighted by molar-refractivity contribution is 5.76. The smallest absolute Gasteiger partial charge is 0.220 e. The summed E-state index contributed by atoms with van der Waals surface area (Å²) in [6, 6.07) is -0.505. The lowest BCUT2D eigenvalue weighted by molar-refractivity contribution is -0.122. The van der Waals surface area contributed by atoms with Crippen molar-refractivity contribution in [3.05, 3.63) is 0 Å². The van der Waals surface area contributed by atoms with Crippen molar-refractivity contribution in [3.63, 3.8) is 0 Å². The highest BCUT2D eigenvalue weighted by Gasteiger charge is 2.08. The highest BCUT2D eigenvalue weighted by Crippen LogP contribution is 1.98. The zero-order valence-corrected chi connectivity index (χ0v) is 8.12. The Bertz CT molecular complexity index is 135. The van der Waals surface area contributed by atoms with E-state index in [0.717, 1.165) is 19.3 Å². The minimum atomic E-state index is -0.505. The van der Waals surface area contributed by atoms with E-state index in [1.165, 1.54) is 0 Å². The molecule has 0 bridgehead atoms. The monoisotopic (exact) mass is 189 g/mol. The Labute approximate surface area is 79.0 Å². The third-order valence-electron chi connectivity index (χ3n) is 1.81. The SMILES string of the molecule is CCCCCC(=O)NC(CO)CO. The van der Waals surface area contributed by atoms with Gasteiger partial charge in [-0.2, -0.15) is 0 Å². The molecule has 0 aromatic rings.